The molecule has 1 heterocycles. The second kappa shape index (κ2) is 5.05. The SMILES string of the molecule is CC1CCCN1CC(C)(C)CNC(C)(C)C. The maximum absolute atomic E-state index is 3.62. The Morgan fingerprint density at radius 3 is 2.25 bits per heavy atom. The third-order valence-electron chi connectivity index (χ3n) is 3.42. The minimum Gasteiger partial charge on any atom is -0.311 e. The molecule has 0 amide bonds. The van der Waals surface area contributed by atoms with Crippen molar-refractivity contribution in [3.8, 4) is 0 Å². The van der Waals surface area contributed by atoms with Gasteiger partial charge in [-0.2, -0.15) is 0 Å². The van der Waals surface area contributed by atoms with E-state index in [2.05, 4.69) is 51.8 Å². The highest BCUT2D eigenvalue weighted by atomic mass is 15.2. The van der Waals surface area contributed by atoms with Crippen molar-refractivity contribution in [2.75, 3.05) is 19.6 Å². The van der Waals surface area contributed by atoms with Gasteiger partial charge in [0.2, 0.25) is 0 Å². The summed E-state index contributed by atoms with van der Waals surface area (Å²) >= 11 is 0. The van der Waals surface area contributed by atoms with Crippen LogP contribution in [0.25, 0.3) is 0 Å². The van der Waals surface area contributed by atoms with E-state index in [-0.39, 0.29) is 5.54 Å². The average molecular weight is 226 g/mol. The molecule has 2 nitrogen and oxygen atoms in total. The van der Waals surface area contributed by atoms with E-state index >= 15 is 0 Å². The first-order chi connectivity index (χ1) is 7.20. The molecule has 1 rings (SSSR count). The highest BCUT2D eigenvalue weighted by Gasteiger charge is 2.28. The maximum atomic E-state index is 3.62. The smallest absolute Gasteiger partial charge is 0.00967 e. The molecule has 0 aromatic heterocycles. The summed E-state index contributed by atoms with van der Waals surface area (Å²) in [5.41, 5.74) is 0.597. The number of nitrogens with zero attached hydrogens (tertiary/aromatic N) is 1. The molecule has 1 atom stereocenters. The minimum atomic E-state index is 0.230. The largest absolute Gasteiger partial charge is 0.311 e. The molecule has 1 aliphatic heterocycles. The summed E-state index contributed by atoms with van der Waals surface area (Å²) in [7, 11) is 0. The van der Waals surface area contributed by atoms with Crippen molar-refractivity contribution in [3.63, 3.8) is 0 Å². The molecule has 0 aromatic rings. The van der Waals surface area contributed by atoms with E-state index in [1.807, 2.05) is 0 Å². The number of hydrogen-bond acceptors (Lipinski definition) is 2. The lowest BCUT2D eigenvalue weighted by Gasteiger charge is -2.35. The van der Waals surface area contributed by atoms with Gasteiger partial charge in [-0.05, 0) is 52.5 Å². The molecule has 0 aromatic carbocycles. The first kappa shape index (κ1) is 14.0. The molecule has 1 aliphatic rings. The zero-order valence-corrected chi connectivity index (χ0v) is 12.1. The fraction of sp³-hybridized carbons (Fsp3) is 1.00. The molecular formula is C14H30N2. The summed E-state index contributed by atoms with van der Waals surface area (Å²) in [6.07, 6.45) is 2.76. The molecule has 0 radical (unpaired) electrons. The van der Waals surface area contributed by atoms with E-state index < -0.39 is 0 Å². The summed E-state index contributed by atoms with van der Waals surface area (Å²) in [6, 6.07) is 0.786. The van der Waals surface area contributed by atoms with Crippen LogP contribution in [0.5, 0.6) is 0 Å². The highest BCUT2D eigenvalue weighted by Crippen LogP contribution is 2.24. The van der Waals surface area contributed by atoms with E-state index in [1.165, 1.54) is 25.9 Å². The van der Waals surface area contributed by atoms with E-state index in [4.69, 9.17) is 0 Å². The molecule has 1 fully saturated rings. The molecule has 0 spiro atoms. The molecule has 2 heteroatoms. The molecule has 96 valence electrons. The van der Waals surface area contributed by atoms with Crippen LogP contribution >= 0.6 is 0 Å². The van der Waals surface area contributed by atoms with Crippen LogP contribution in [0.3, 0.4) is 0 Å². The fourth-order valence-corrected chi connectivity index (χ4v) is 2.34. The topological polar surface area (TPSA) is 15.3 Å². The Morgan fingerprint density at radius 1 is 1.19 bits per heavy atom. The van der Waals surface area contributed by atoms with Gasteiger partial charge in [-0.25, -0.2) is 0 Å². The zero-order valence-electron chi connectivity index (χ0n) is 12.1. The molecule has 1 N–H and O–H groups in total. The monoisotopic (exact) mass is 226 g/mol. The summed E-state index contributed by atoms with van der Waals surface area (Å²) in [6.45, 7) is 17.4. The van der Waals surface area contributed by atoms with Crippen LogP contribution in [0.15, 0.2) is 0 Å². The minimum absolute atomic E-state index is 0.230. The van der Waals surface area contributed by atoms with Crippen LogP contribution in [0.4, 0.5) is 0 Å². The van der Waals surface area contributed by atoms with Gasteiger partial charge in [0.25, 0.3) is 0 Å². The molecule has 1 saturated heterocycles. The number of likely N-dealkylation sites (tertiary alicyclic amines) is 1. The Labute approximate surface area is 102 Å². The number of rotatable bonds is 4. The highest BCUT2D eigenvalue weighted by molar-refractivity contribution is 4.84. The predicted molar refractivity (Wildman–Crippen MR) is 71.8 cm³/mol. The molecular weight excluding hydrogens is 196 g/mol. The van der Waals surface area contributed by atoms with Gasteiger partial charge in [-0.15, -0.1) is 0 Å². The summed E-state index contributed by atoms with van der Waals surface area (Å²) < 4.78 is 0. The first-order valence-corrected chi connectivity index (χ1v) is 6.69. The van der Waals surface area contributed by atoms with Gasteiger partial charge in [-0.3, -0.25) is 0 Å². The van der Waals surface area contributed by atoms with Gasteiger partial charge in [0.15, 0.2) is 0 Å². The van der Waals surface area contributed by atoms with Gasteiger partial charge in [0, 0.05) is 24.7 Å². The third kappa shape index (κ3) is 4.84. The average Bonchev–Trinajstić information content (AvgIpc) is 2.47. The normalized spacial score (nSPS) is 24.0. The van der Waals surface area contributed by atoms with E-state index in [0.717, 1.165) is 12.6 Å². The van der Waals surface area contributed by atoms with Gasteiger partial charge >= 0.3 is 0 Å². The van der Waals surface area contributed by atoms with Crippen LogP contribution < -0.4 is 5.32 Å². The van der Waals surface area contributed by atoms with Crippen molar-refractivity contribution in [1.29, 1.82) is 0 Å². The zero-order chi connectivity index (χ0) is 12.4. The van der Waals surface area contributed by atoms with Crippen LogP contribution in [-0.4, -0.2) is 36.1 Å². The Kier molecular flexibility index (Phi) is 4.42. The van der Waals surface area contributed by atoms with Gasteiger partial charge in [0.1, 0.15) is 0 Å². The van der Waals surface area contributed by atoms with Crippen molar-refractivity contribution in [3.05, 3.63) is 0 Å². The standard InChI is InChI=1S/C14H30N2/c1-12-8-7-9-16(12)11-14(5,6)10-15-13(2,3)4/h12,15H,7-11H2,1-6H3. The van der Waals surface area contributed by atoms with Gasteiger partial charge in [0.05, 0.1) is 0 Å². The van der Waals surface area contributed by atoms with Crippen molar-refractivity contribution in [2.45, 2.75) is 66.0 Å². The second-order valence-corrected chi connectivity index (χ2v) is 7.23. The Bertz CT molecular complexity index is 215. The lowest BCUT2D eigenvalue weighted by atomic mass is 9.91. The molecule has 0 saturated carbocycles. The lowest BCUT2D eigenvalue weighted by molar-refractivity contribution is 0.161. The molecule has 0 bridgehead atoms. The van der Waals surface area contributed by atoms with Gasteiger partial charge in [-0.1, -0.05) is 13.8 Å². The Balaban J connectivity index is 2.38. The molecule has 1 unspecified atom stereocenters. The van der Waals surface area contributed by atoms with Crippen molar-refractivity contribution in [2.24, 2.45) is 5.41 Å². The summed E-state index contributed by atoms with van der Waals surface area (Å²) in [5, 5.41) is 3.62. The Hall–Kier alpha value is -0.0800. The Morgan fingerprint density at radius 2 is 1.81 bits per heavy atom. The quantitative estimate of drug-likeness (QED) is 0.793. The van der Waals surface area contributed by atoms with E-state index in [1.54, 1.807) is 0 Å². The van der Waals surface area contributed by atoms with Crippen molar-refractivity contribution < 1.29 is 0 Å². The molecule has 16 heavy (non-hydrogen) atoms. The summed E-state index contributed by atoms with van der Waals surface area (Å²) in [5.74, 6) is 0. The van der Waals surface area contributed by atoms with E-state index in [9.17, 15) is 0 Å². The maximum Gasteiger partial charge on any atom is 0.00967 e. The van der Waals surface area contributed by atoms with Crippen molar-refractivity contribution >= 4 is 0 Å². The molecule has 0 aliphatic carbocycles. The van der Waals surface area contributed by atoms with Crippen LogP contribution in [0, 0.1) is 5.41 Å². The summed E-state index contributed by atoms with van der Waals surface area (Å²) in [4.78, 5) is 2.64. The lowest BCUT2D eigenvalue weighted by Crippen LogP contribution is -2.46. The fourth-order valence-electron chi connectivity index (χ4n) is 2.34. The predicted octanol–water partition coefficient (Wildman–Crippen LogP) is 2.89. The van der Waals surface area contributed by atoms with Crippen molar-refractivity contribution in [1.82, 2.24) is 10.2 Å². The van der Waals surface area contributed by atoms with E-state index in [0.29, 0.717) is 5.41 Å². The van der Waals surface area contributed by atoms with Crippen LogP contribution in [-0.2, 0) is 0 Å². The van der Waals surface area contributed by atoms with Gasteiger partial charge < -0.3 is 10.2 Å². The third-order valence-corrected chi connectivity index (χ3v) is 3.42. The number of hydrogen-bond donors (Lipinski definition) is 1. The van der Waals surface area contributed by atoms with Crippen LogP contribution in [0.2, 0.25) is 0 Å². The number of nitrogens with one attached hydrogen (secondary N) is 1. The van der Waals surface area contributed by atoms with Crippen LogP contribution in [0.1, 0.15) is 54.4 Å². The second-order valence-electron chi connectivity index (χ2n) is 7.23. The first-order valence-electron chi connectivity index (χ1n) is 6.69.